The van der Waals surface area contributed by atoms with Crippen LogP contribution < -0.4 is 4.74 Å². The molecule has 2 aromatic rings. The molecule has 2 rings (SSSR count). The molecule has 142 valence electrons. The Bertz CT molecular complexity index is 691. The number of rotatable bonds is 11. The first kappa shape index (κ1) is 20.3. The summed E-state index contributed by atoms with van der Waals surface area (Å²) in [4.78, 5) is 12.6. The van der Waals surface area contributed by atoms with Crippen LogP contribution in [0.4, 0.5) is 0 Å². The Hall–Kier alpha value is -2.03. The van der Waals surface area contributed by atoms with E-state index in [9.17, 15) is 4.79 Å². The predicted molar refractivity (Wildman–Crippen MR) is 108 cm³/mol. The summed E-state index contributed by atoms with van der Waals surface area (Å²) in [6.45, 7) is 5.02. The van der Waals surface area contributed by atoms with Gasteiger partial charge in [-0.15, -0.1) is 0 Å². The van der Waals surface area contributed by atoms with E-state index in [-0.39, 0.29) is 5.97 Å². The molecular formula is C23H32O3. The maximum Gasteiger partial charge on any atom is 0.342 e. The minimum absolute atomic E-state index is 0.296. The third-order valence-electron chi connectivity index (χ3n) is 4.72. The van der Waals surface area contributed by atoms with Crippen molar-refractivity contribution in [3.05, 3.63) is 42.0 Å². The smallest absolute Gasteiger partial charge is 0.342 e. The molecule has 3 nitrogen and oxygen atoms in total. The van der Waals surface area contributed by atoms with Crippen molar-refractivity contribution in [1.29, 1.82) is 0 Å². The Kier molecular flexibility index (Phi) is 8.46. The van der Waals surface area contributed by atoms with Gasteiger partial charge in [0, 0.05) is 0 Å². The van der Waals surface area contributed by atoms with Crippen molar-refractivity contribution in [1.82, 2.24) is 0 Å². The maximum atomic E-state index is 12.6. The lowest BCUT2D eigenvalue weighted by atomic mass is 10.0. The molecule has 0 unspecified atom stereocenters. The zero-order chi connectivity index (χ0) is 18.8. The van der Waals surface area contributed by atoms with E-state index in [4.69, 9.17) is 9.47 Å². The van der Waals surface area contributed by atoms with Gasteiger partial charge in [0.25, 0.3) is 0 Å². The van der Waals surface area contributed by atoms with Gasteiger partial charge in [0.15, 0.2) is 0 Å². The van der Waals surface area contributed by atoms with E-state index in [1.807, 2.05) is 36.4 Å². The van der Waals surface area contributed by atoms with Gasteiger partial charge in [0.05, 0.1) is 13.7 Å². The van der Waals surface area contributed by atoms with Crippen molar-refractivity contribution in [2.24, 2.45) is 5.92 Å². The highest BCUT2D eigenvalue weighted by molar-refractivity contribution is 6.07. The molecule has 3 heteroatoms. The van der Waals surface area contributed by atoms with Crippen molar-refractivity contribution >= 4 is 16.7 Å². The molecule has 2 aromatic carbocycles. The van der Waals surface area contributed by atoms with Gasteiger partial charge in [-0.3, -0.25) is 0 Å². The number of esters is 1. The van der Waals surface area contributed by atoms with Crippen molar-refractivity contribution in [3.8, 4) is 5.75 Å². The van der Waals surface area contributed by atoms with Crippen molar-refractivity contribution in [2.75, 3.05) is 13.7 Å². The van der Waals surface area contributed by atoms with E-state index < -0.39 is 0 Å². The zero-order valence-electron chi connectivity index (χ0n) is 16.4. The molecule has 0 aliphatic carbocycles. The molecule has 0 spiro atoms. The normalized spacial score (nSPS) is 11.1. The first-order chi connectivity index (χ1) is 12.6. The highest BCUT2D eigenvalue weighted by Crippen LogP contribution is 2.28. The van der Waals surface area contributed by atoms with Crippen LogP contribution in [0, 0.1) is 5.92 Å². The summed E-state index contributed by atoms with van der Waals surface area (Å²) in [6, 6.07) is 11.6. The summed E-state index contributed by atoms with van der Waals surface area (Å²) < 4.78 is 10.9. The van der Waals surface area contributed by atoms with E-state index in [2.05, 4.69) is 13.8 Å². The van der Waals surface area contributed by atoms with E-state index in [0.29, 0.717) is 17.9 Å². The number of carbonyl (C=O) groups excluding carboxylic acids is 1. The van der Waals surface area contributed by atoms with Gasteiger partial charge in [-0.1, -0.05) is 82.7 Å². The van der Waals surface area contributed by atoms with Crippen molar-refractivity contribution in [2.45, 2.75) is 58.8 Å². The summed E-state index contributed by atoms with van der Waals surface area (Å²) in [7, 11) is 1.58. The average Bonchev–Trinajstić information content (AvgIpc) is 2.65. The Morgan fingerprint density at radius 3 is 2.35 bits per heavy atom. The second-order valence-corrected chi connectivity index (χ2v) is 7.30. The predicted octanol–water partition coefficient (Wildman–Crippen LogP) is 6.39. The summed E-state index contributed by atoms with van der Waals surface area (Å²) in [6.07, 6.45) is 8.48. The van der Waals surface area contributed by atoms with Gasteiger partial charge < -0.3 is 9.47 Å². The fourth-order valence-corrected chi connectivity index (χ4v) is 3.23. The number of hydrogen-bond acceptors (Lipinski definition) is 3. The van der Waals surface area contributed by atoms with Crippen LogP contribution in [0.15, 0.2) is 36.4 Å². The summed E-state index contributed by atoms with van der Waals surface area (Å²) in [5, 5.41) is 1.89. The van der Waals surface area contributed by atoms with Crippen molar-refractivity contribution in [3.63, 3.8) is 0 Å². The maximum absolute atomic E-state index is 12.6. The van der Waals surface area contributed by atoms with E-state index in [0.717, 1.165) is 29.5 Å². The quantitative estimate of drug-likeness (QED) is 0.345. The molecule has 0 aliphatic rings. The number of unbranched alkanes of at least 4 members (excludes halogenated alkanes) is 5. The number of methoxy groups -OCH3 is 1. The van der Waals surface area contributed by atoms with Crippen LogP contribution in [-0.4, -0.2) is 19.7 Å². The molecule has 0 N–H and O–H groups in total. The standard InChI is InChI=1S/C23H32O3/c1-18(2)12-8-6-4-5-7-11-17-26-23(24)22-20-14-10-9-13-19(20)15-16-21(22)25-3/h9-10,13-16,18H,4-8,11-12,17H2,1-3H3. The van der Waals surface area contributed by atoms with Crippen LogP contribution in [0.5, 0.6) is 5.75 Å². The average molecular weight is 357 g/mol. The van der Waals surface area contributed by atoms with Gasteiger partial charge in [-0.05, 0) is 29.2 Å². The lowest BCUT2D eigenvalue weighted by molar-refractivity contribution is 0.0496. The first-order valence-electron chi connectivity index (χ1n) is 9.86. The lowest BCUT2D eigenvalue weighted by Crippen LogP contribution is -2.09. The SMILES string of the molecule is COc1ccc2ccccc2c1C(=O)OCCCCCCCCC(C)C. The highest BCUT2D eigenvalue weighted by atomic mass is 16.5. The Labute approximate surface area is 157 Å². The fourth-order valence-electron chi connectivity index (χ4n) is 3.23. The molecule has 0 aromatic heterocycles. The van der Waals surface area contributed by atoms with Crippen LogP contribution in [-0.2, 0) is 4.74 Å². The van der Waals surface area contributed by atoms with Crippen LogP contribution in [0.2, 0.25) is 0 Å². The number of hydrogen-bond donors (Lipinski definition) is 0. The first-order valence-corrected chi connectivity index (χ1v) is 9.86. The third-order valence-corrected chi connectivity index (χ3v) is 4.72. The van der Waals surface area contributed by atoms with Crippen LogP contribution in [0.1, 0.15) is 69.2 Å². The van der Waals surface area contributed by atoms with E-state index in [1.54, 1.807) is 7.11 Å². The number of fused-ring (bicyclic) bond motifs is 1. The van der Waals surface area contributed by atoms with Gasteiger partial charge in [0.2, 0.25) is 0 Å². The van der Waals surface area contributed by atoms with Gasteiger partial charge in [-0.2, -0.15) is 0 Å². The van der Waals surface area contributed by atoms with Gasteiger partial charge >= 0.3 is 5.97 Å². The van der Waals surface area contributed by atoms with E-state index in [1.165, 1.54) is 32.1 Å². The lowest BCUT2D eigenvalue weighted by Gasteiger charge is -2.12. The molecular weight excluding hydrogens is 324 g/mol. The second-order valence-electron chi connectivity index (χ2n) is 7.30. The molecule has 0 amide bonds. The van der Waals surface area contributed by atoms with Crippen LogP contribution in [0.25, 0.3) is 10.8 Å². The van der Waals surface area contributed by atoms with Crippen molar-refractivity contribution < 1.29 is 14.3 Å². The minimum atomic E-state index is -0.296. The Morgan fingerprint density at radius 1 is 0.923 bits per heavy atom. The summed E-state index contributed by atoms with van der Waals surface area (Å²) >= 11 is 0. The number of benzene rings is 2. The molecule has 0 radical (unpaired) electrons. The largest absolute Gasteiger partial charge is 0.496 e. The van der Waals surface area contributed by atoms with E-state index >= 15 is 0 Å². The Morgan fingerprint density at radius 2 is 1.62 bits per heavy atom. The van der Waals surface area contributed by atoms with Gasteiger partial charge in [-0.25, -0.2) is 4.79 Å². The topological polar surface area (TPSA) is 35.5 Å². The fraction of sp³-hybridized carbons (Fsp3) is 0.522. The zero-order valence-corrected chi connectivity index (χ0v) is 16.4. The molecule has 0 aliphatic heterocycles. The monoisotopic (exact) mass is 356 g/mol. The number of ether oxygens (including phenoxy) is 2. The molecule has 26 heavy (non-hydrogen) atoms. The molecule has 0 bridgehead atoms. The molecule has 0 heterocycles. The number of carbonyl (C=O) groups is 1. The molecule has 0 atom stereocenters. The van der Waals surface area contributed by atoms with Crippen LogP contribution >= 0.6 is 0 Å². The third kappa shape index (κ3) is 6.05. The van der Waals surface area contributed by atoms with Gasteiger partial charge in [0.1, 0.15) is 11.3 Å². The Balaban J connectivity index is 1.77. The highest BCUT2D eigenvalue weighted by Gasteiger charge is 2.17. The second kappa shape index (κ2) is 10.8. The molecule has 0 fully saturated rings. The molecule has 0 saturated carbocycles. The van der Waals surface area contributed by atoms with Crippen LogP contribution in [0.3, 0.4) is 0 Å². The summed E-state index contributed by atoms with van der Waals surface area (Å²) in [5.74, 6) is 1.08. The summed E-state index contributed by atoms with van der Waals surface area (Å²) in [5.41, 5.74) is 0.527. The molecule has 0 saturated heterocycles. The minimum Gasteiger partial charge on any atom is -0.496 e.